The first-order valence-corrected chi connectivity index (χ1v) is 10.2. The van der Waals surface area contributed by atoms with Gasteiger partial charge in [0.2, 0.25) is 11.8 Å². The lowest BCUT2D eigenvalue weighted by Crippen LogP contribution is -2.32. The molecule has 2 aromatic carbocycles. The third-order valence-corrected chi connectivity index (χ3v) is 6.50. The zero-order valence-corrected chi connectivity index (χ0v) is 16.9. The highest BCUT2D eigenvalue weighted by Gasteiger charge is 2.59. The molecule has 4 atom stereocenters. The van der Waals surface area contributed by atoms with Crippen LogP contribution in [0.5, 0.6) is 5.75 Å². The van der Waals surface area contributed by atoms with Gasteiger partial charge in [-0.25, -0.2) is 0 Å². The highest BCUT2D eigenvalue weighted by molar-refractivity contribution is 6.31. The van der Waals surface area contributed by atoms with E-state index in [0.29, 0.717) is 27.7 Å². The zero-order chi connectivity index (χ0) is 21.0. The van der Waals surface area contributed by atoms with Gasteiger partial charge in [-0.05, 0) is 60.7 Å². The molecule has 3 aliphatic rings. The minimum atomic E-state index is -0.347. The maximum Gasteiger partial charge on any atom is 0.255 e. The van der Waals surface area contributed by atoms with Crippen molar-refractivity contribution in [3.05, 3.63) is 65.2 Å². The number of amides is 3. The number of carbonyl (C=O) groups is 3. The van der Waals surface area contributed by atoms with Crippen LogP contribution in [0.1, 0.15) is 16.8 Å². The number of allylic oxidation sites excluding steroid dienone is 2. The first-order valence-electron chi connectivity index (χ1n) is 9.79. The van der Waals surface area contributed by atoms with Crippen molar-refractivity contribution >= 4 is 40.7 Å². The van der Waals surface area contributed by atoms with Crippen LogP contribution < -0.4 is 15.0 Å². The van der Waals surface area contributed by atoms with Crippen LogP contribution >= 0.6 is 11.6 Å². The number of halogens is 1. The zero-order valence-electron chi connectivity index (χ0n) is 16.2. The lowest BCUT2D eigenvalue weighted by molar-refractivity contribution is -0.123. The summed E-state index contributed by atoms with van der Waals surface area (Å²) < 4.78 is 5.25. The highest BCUT2D eigenvalue weighted by atomic mass is 35.5. The minimum Gasteiger partial charge on any atom is -0.495 e. The Morgan fingerprint density at radius 1 is 1.03 bits per heavy atom. The van der Waals surface area contributed by atoms with Crippen molar-refractivity contribution in [3.8, 4) is 5.75 Å². The van der Waals surface area contributed by atoms with Gasteiger partial charge in [0.1, 0.15) is 5.75 Å². The van der Waals surface area contributed by atoms with Crippen molar-refractivity contribution in [3.63, 3.8) is 0 Å². The molecular weight excluding hydrogens is 404 g/mol. The molecule has 2 fully saturated rings. The van der Waals surface area contributed by atoms with Crippen LogP contribution in [0.15, 0.2) is 54.6 Å². The Morgan fingerprint density at radius 3 is 2.27 bits per heavy atom. The summed E-state index contributed by atoms with van der Waals surface area (Å²) >= 11 is 6.01. The number of anilines is 2. The van der Waals surface area contributed by atoms with E-state index in [-0.39, 0.29) is 41.4 Å². The predicted octanol–water partition coefficient (Wildman–Crippen LogP) is 3.91. The molecule has 1 saturated heterocycles. The molecule has 152 valence electrons. The number of ether oxygens (including phenoxy) is 1. The van der Waals surface area contributed by atoms with Gasteiger partial charge in [-0.2, -0.15) is 0 Å². The number of nitrogens with zero attached hydrogens (tertiary/aromatic N) is 1. The number of hydrogen-bond acceptors (Lipinski definition) is 4. The van der Waals surface area contributed by atoms with E-state index in [1.54, 1.807) is 42.5 Å². The molecule has 0 unspecified atom stereocenters. The largest absolute Gasteiger partial charge is 0.495 e. The van der Waals surface area contributed by atoms with Gasteiger partial charge < -0.3 is 10.1 Å². The molecule has 1 aliphatic heterocycles. The Balaban J connectivity index is 1.35. The minimum absolute atomic E-state index is 0.136. The Kier molecular flexibility index (Phi) is 4.40. The van der Waals surface area contributed by atoms with Crippen LogP contribution in [0.4, 0.5) is 11.4 Å². The van der Waals surface area contributed by atoms with Gasteiger partial charge in [0.05, 0.1) is 30.3 Å². The molecule has 0 spiro atoms. The molecule has 1 heterocycles. The van der Waals surface area contributed by atoms with E-state index in [1.165, 1.54) is 12.0 Å². The molecule has 0 aromatic heterocycles. The lowest BCUT2D eigenvalue weighted by atomic mass is 9.85. The highest BCUT2D eigenvalue weighted by Crippen LogP contribution is 2.53. The molecule has 5 rings (SSSR count). The summed E-state index contributed by atoms with van der Waals surface area (Å²) in [4.78, 5) is 39.8. The fourth-order valence-corrected chi connectivity index (χ4v) is 5.06. The Labute approximate surface area is 178 Å². The van der Waals surface area contributed by atoms with Crippen molar-refractivity contribution in [2.45, 2.75) is 6.42 Å². The standard InChI is InChI=1S/C23H19ClN2O4/c1-30-18-9-6-15(24)11-17(18)25-21(27)12-4-7-16(8-5-12)26-22(28)19-13-2-3-14(10-13)20(19)23(26)29/h2-9,11,13-14,19-20H,10H2,1H3,(H,25,27)/t13-,14-,19-,20+/m0/s1. The summed E-state index contributed by atoms with van der Waals surface area (Å²) in [5.74, 6) is -0.284. The Hall–Kier alpha value is -3.12. The van der Waals surface area contributed by atoms with E-state index in [1.807, 2.05) is 0 Å². The lowest BCUT2D eigenvalue weighted by Gasteiger charge is -2.17. The van der Waals surface area contributed by atoms with Gasteiger partial charge in [-0.15, -0.1) is 0 Å². The molecule has 1 N–H and O–H groups in total. The van der Waals surface area contributed by atoms with E-state index >= 15 is 0 Å². The van der Waals surface area contributed by atoms with E-state index in [0.717, 1.165) is 6.42 Å². The average molecular weight is 423 g/mol. The summed E-state index contributed by atoms with van der Waals surface area (Å²) in [6.07, 6.45) is 5.03. The van der Waals surface area contributed by atoms with Gasteiger partial charge >= 0.3 is 0 Å². The number of methoxy groups -OCH3 is 1. The SMILES string of the molecule is COc1ccc(Cl)cc1NC(=O)c1ccc(N2C(=O)[C@@H]3[C@H](C2=O)[C@H]2C=C[C@H]3C2)cc1. The Bertz CT molecular complexity index is 1060. The molecule has 0 radical (unpaired) electrons. The monoisotopic (exact) mass is 422 g/mol. The molecule has 6 nitrogen and oxygen atoms in total. The summed E-state index contributed by atoms with van der Waals surface area (Å²) in [6, 6.07) is 11.4. The number of carbonyl (C=O) groups excluding carboxylic acids is 3. The first kappa shape index (κ1) is 18.9. The molecule has 2 aliphatic carbocycles. The number of rotatable bonds is 4. The van der Waals surface area contributed by atoms with Crippen LogP contribution in [-0.2, 0) is 9.59 Å². The summed E-state index contributed by atoms with van der Waals surface area (Å²) in [6.45, 7) is 0. The third-order valence-electron chi connectivity index (χ3n) is 6.27. The number of benzene rings is 2. The van der Waals surface area contributed by atoms with E-state index in [2.05, 4.69) is 17.5 Å². The van der Waals surface area contributed by atoms with Crippen molar-refractivity contribution in [1.82, 2.24) is 0 Å². The fourth-order valence-electron chi connectivity index (χ4n) is 4.89. The van der Waals surface area contributed by atoms with Crippen LogP contribution in [0.25, 0.3) is 0 Å². The van der Waals surface area contributed by atoms with E-state index in [9.17, 15) is 14.4 Å². The van der Waals surface area contributed by atoms with Gasteiger partial charge in [-0.1, -0.05) is 23.8 Å². The normalized spacial score (nSPS) is 26.3. The predicted molar refractivity (Wildman–Crippen MR) is 113 cm³/mol. The maximum atomic E-state index is 12.9. The third kappa shape index (κ3) is 2.82. The van der Waals surface area contributed by atoms with Gasteiger partial charge in [0.15, 0.2) is 0 Å². The molecular formula is C23H19ClN2O4. The molecule has 1 saturated carbocycles. The maximum absolute atomic E-state index is 12.9. The van der Waals surface area contributed by atoms with Crippen LogP contribution in [0.2, 0.25) is 5.02 Å². The van der Waals surface area contributed by atoms with E-state index < -0.39 is 0 Å². The van der Waals surface area contributed by atoms with Gasteiger partial charge in [0, 0.05) is 10.6 Å². The van der Waals surface area contributed by atoms with E-state index in [4.69, 9.17) is 16.3 Å². The molecule has 3 amide bonds. The van der Waals surface area contributed by atoms with Crippen LogP contribution in [0, 0.1) is 23.7 Å². The van der Waals surface area contributed by atoms with Crippen molar-refractivity contribution < 1.29 is 19.1 Å². The number of fused-ring (bicyclic) bond motifs is 5. The van der Waals surface area contributed by atoms with Gasteiger partial charge in [-0.3, -0.25) is 19.3 Å². The second-order valence-electron chi connectivity index (χ2n) is 7.86. The van der Waals surface area contributed by atoms with Crippen LogP contribution in [-0.4, -0.2) is 24.8 Å². The number of imide groups is 1. The summed E-state index contributed by atoms with van der Waals surface area (Å²) in [5.41, 5.74) is 1.34. The number of nitrogens with one attached hydrogen (secondary N) is 1. The quantitative estimate of drug-likeness (QED) is 0.598. The Morgan fingerprint density at radius 2 is 1.67 bits per heavy atom. The van der Waals surface area contributed by atoms with Gasteiger partial charge in [0.25, 0.3) is 5.91 Å². The van der Waals surface area contributed by atoms with Crippen molar-refractivity contribution in [1.29, 1.82) is 0 Å². The first-order chi connectivity index (χ1) is 14.5. The molecule has 30 heavy (non-hydrogen) atoms. The second-order valence-corrected chi connectivity index (χ2v) is 8.29. The average Bonchev–Trinajstić information content (AvgIpc) is 3.42. The number of hydrogen-bond donors (Lipinski definition) is 1. The van der Waals surface area contributed by atoms with Crippen molar-refractivity contribution in [2.24, 2.45) is 23.7 Å². The molecule has 7 heteroatoms. The summed E-state index contributed by atoms with van der Waals surface area (Å²) in [5, 5.41) is 3.25. The molecule has 2 bridgehead atoms. The molecule has 2 aromatic rings. The summed E-state index contributed by atoms with van der Waals surface area (Å²) in [7, 11) is 1.51. The smallest absolute Gasteiger partial charge is 0.255 e. The van der Waals surface area contributed by atoms with Crippen LogP contribution in [0.3, 0.4) is 0 Å². The second kappa shape index (κ2) is 6.99. The topological polar surface area (TPSA) is 75.7 Å². The van der Waals surface area contributed by atoms with Crippen molar-refractivity contribution in [2.75, 3.05) is 17.3 Å². The fraction of sp³-hybridized carbons (Fsp3) is 0.261.